The highest BCUT2D eigenvalue weighted by Gasteiger charge is 2.32. The van der Waals surface area contributed by atoms with E-state index in [2.05, 4.69) is 17.0 Å². The average molecular weight is 323 g/mol. The van der Waals surface area contributed by atoms with Crippen molar-refractivity contribution < 1.29 is 14.6 Å². The summed E-state index contributed by atoms with van der Waals surface area (Å²) >= 11 is 0. The van der Waals surface area contributed by atoms with Gasteiger partial charge in [0.2, 0.25) is 5.78 Å². The van der Waals surface area contributed by atoms with E-state index in [0.717, 1.165) is 12.1 Å². The minimum atomic E-state index is -0.114. The number of Topliss-reactive ketones (excluding diaryl/α,β-unsaturated/α-hetero) is 1. The van der Waals surface area contributed by atoms with Crippen LogP contribution < -0.4 is 4.74 Å². The summed E-state index contributed by atoms with van der Waals surface area (Å²) in [5, 5.41) is 10.3. The zero-order valence-corrected chi connectivity index (χ0v) is 14.2. The maximum absolute atomic E-state index is 12.4. The molecule has 0 amide bonds. The Morgan fingerprint density at radius 3 is 2.46 bits per heavy atom. The third-order valence-electron chi connectivity index (χ3n) is 4.07. The third kappa shape index (κ3) is 3.05. The summed E-state index contributed by atoms with van der Waals surface area (Å²) in [5.74, 6) is 0.882. The van der Waals surface area contributed by atoms with Crippen molar-refractivity contribution in [1.82, 2.24) is 4.90 Å². The number of aromatic hydroxyl groups is 1. The lowest BCUT2D eigenvalue weighted by Crippen LogP contribution is -2.17. The van der Waals surface area contributed by atoms with E-state index in [4.69, 9.17) is 4.74 Å². The number of fused-ring (bicyclic) bond motifs is 1. The zero-order chi connectivity index (χ0) is 17.3. The second kappa shape index (κ2) is 6.49. The SMILES string of the molecule is CC(C)=C1Oc2c(ccc(O)c2CN(C)Cc2ccccc2)C1=O. The van der Waals surface area contributed by atoms with E-state index in [0.29, 0.717) is 29.2 Å². The first-order chi connectivity index (χ1) is 11.5. The molecule has 4 heteroatoms. The fraction of sp³-hybridized carbons (Fsp3) is 0.250. The number of hydrogen-bond acceptors (Lipinski definition) is 4. The molecule has 0 atom stereocenters. The maximum atomic E-state index is 12.4. The number of benzene rings is 2. The molecule has 0 unspecified atom stereocenters. The molecule has 4 nitrogen and oxygen atoms in total. The van der Waals surface area contributed by atoms with Gasteiger partial charge in [-0.25, -0.2) is 0 Å². The summed E-state index contributed by atoms with van der Waals surface area (Å²) in [6.07, 6.45) is 0. The lowest BCUT2D eigenvalue weighted by Gasteiger charge is -2.19. The molecule has 0 radical (unpaired) electrons. The number of phenols is 1. The van der Waals surface area contributed by atoms with Gasteiger partial charge in [-0.05, 0) is 44.2 Å². The van der Waals surface area contributed by atoms with E-state index in [1.165, 1.54) is 5.56 Å². The van der Waals surface area contributed by atoms with Gasteiger partial charge in [0.15, 0.2) is 5.76 Å². The lowest BCUT2D eigenvalue weighted by molar-refractivity contribution is 0.101. The Kier molecular flexibility index (Phi) is 4.40. The summed E-state index contributed by atoms with van der Waals surface area (Å²) in [6, 6.07) is 13.3. The number of hydrogen-bond donors (Lipinski definition) is 1. The van der Waals surface area contributed by atoms with Crippen molar-refractivity contribution in [2.45, 2.75) is 26.9 Å². The topological polar surface area (TPSA) is 49.8 Å². The van der Waals surface area contributed by atoms with Crippen LogP contribution in [0.1, 0.15) is 35.3 Å². The van der Waals surface area contributed by atoms with Crippen LogP contribution in [-0.2, 0) is 13.1 Å². The number of nitrogens with zero attached hydrogens (tertiary/aromatic N) is 1. The van der Waals surface area contributed by atoms with Crippen LogP contribution in [-0.4, -0.2) is 22.8 Å². The molecule has 0 spiro atoms. The highest BCUT2D eigenvalue weighted by Crippen LogP contribution is 2.40. The molecular weight excluding hydrogens is 302 g/mol. The molecule has 2 aromatic carbocycles. The third-order valence-corrected chi connectivity index (χ3v) is 4.07. The van der Waals surface area contributed by atoms with E-state index in [9.17, 15) is 9.90 Å². The van der Waals surface area contributed by atoms with Gasteiger partial charge in [-0.1, -0.05) is 30.3 Å². The van der Waals surface area contributed by atoms with E-state index in [-0.39, 0.29) is 11.5 Å². The van der Waals surface area contributed by atoms with Gasteiger partial charge in [-0.2, -0.15) is 0 Å². The van der Waals surface area contributed by atoms with Gasteiger partial charge in [0.05, 0.1) is 11.1 Å². The molecule has 124 valence electrons. The summed E-state index contributed by atoms with van der Waals surface area (Å²) in [7, 11) is 1.98. The Balaban J connectivity index is 1.88. The first-order valence-corrected chi connectivity index (χ1v) is 7.94. The minimum Gasteiger partial charge on any atom is -0.507 e. The maximum Gasteiger partial charge on any atom is 0.231 e. The molecule has 1 heterocycles. The molecule has 0 fully saturated rings. The summed E-state index contributed by atoms with van der Waals surface area (Å²) in [4.78, 5) is 14.5. The highest BCUT2D eigenvalue weighted by atomic mass is 16.5. The average Bonchev–Trinajstić information content (AvgIpc) is 2.88. The van der Waals surface area contributed by atoms with Gasteiger partial charge in [-0.3, -0.25) is 9.69 Å². The number of carbonyl (C=O) groups excluding carboxylic acids is 1. The van der Waals surface area contributed by atoms with Crippen molar-refractivity contribution in [3.63, 3.8) is 0 Å². The van der Waals surface area contributed by atoms with Crippen molar-refractivity contribution in [2.75, 3.05) is 7.05 Å². The van der Waals surface area contributed by atoms with Gasteiger partial charge in [-0.15, -0.1) is 0 Å². The minimum absolute atomic E-state index is 0.114. The molecule has 1 N–H and O–H groups in total. The van der Waals surface area contributed by atoms with Crippen LogP contribution in [0.25, 0.3) is 0 Å². The van der Waals surface area contributed by atoms with Crippen LogP contribution >= 0.6 is 0 Å². The van der Waals surface area contributed by atoms with Gasteiger partial charge in [0.25, 0.3) is 0 Å². The Morgan fingerprint density at radius 2 is 1.79 bits per heavy atom. The number of phenolic OH excluding ortho intramolecular Hbond substituents is 1. The van der Waals surface area contributed by atoms with Crippen LogP contribution in [0.3, 0.4) is 0 Å². The number of ketones is 1. The van der Waals surface area contributed by atoms with Gasteiger partial charge >= 0.3 is 0 Å². The van der Waals surface area contributed by atoms with E-state index < -0.39 is 0 Å². The largest absolute Gasteiger partial charge is 0.507 e. The van der Waals surface area contributed by atoms with Crippen LogP contribution in [0.15, 0.2) is 53.8 Å². The van der Waals surface area contributed by atoms with Crippen LogP contribution in [0.5, 0.6) is 11.5 Å². The standard InChI is InChI=1S/C20H21NO3/c1-13(2)19-18(23)15-9-10-17(22)16(20(15)24-19)12-21(3)11-14-7-5-4-6-8-14/h4-10,22H,11-12H2,1-3H3. The van der Waals surface area contributed by atoms with Gasteiger partial charge in [0.1, 0.15) is 11.5 Å². The quantitative estimate of drug-likeness (QED) is 0.867. The molecule has 0 bridgehead atoms. The molecule has 1 aliphatic heterocycles. The van der Waals surface area contributed by atoms with Crippen molar-refractivity contribution in [2.24, 2.45) is 0 Å². The molecule has 0 saturated carbocycles. The second-order valence-electron chi connectivity index (χ2n) is 6.36. The van der Waals surface area contributed by atoms with Crippen molar-refractivity contribution in [3.05, 3.63) is 70.5 Å². The number of allylic oxidation sites excluding steroid dienone is 2. The normalized spacial score (nSPS) is 13.2. The Morgan fingerprint density at radius 1 is 1.08 bits per heavy atom. The molecule has 24 heavy (non-hydrogen) atoms. The fourth-order valence-electron chi connectivity index (χ4n) is 2.89. The zero-order valence-electron chi connectivity index (χ0n) is 14.2. The first kappa shape index (κ1) is 16.3. The van der Waals surface area contributed by atoms with Crippen molar-refractivity contribution >= 4 is 5.78 Å². The van der Waals surface area contributed by atoms with Crippen molar-refractivity contribution in [3.8, 4) is 11.5 Å². The molecule has 0 saturated heterocycles. The molecule has 0 aliphatic carbocycles. The Hall–Kier alpha value is -2.59. The molecule has 2 aromatic rings. The van der Waals surface area contributed by atoms with E-state index in [1.54, 1.807) is 12.1 Å². The first-order valence-electron chi connectivity index (χ1n) is 7.94. The molecule has 3 rings (SSSR count). The molecule has 0 aromatic heterocycles. The number of rotatable bonds is 4. The van der Waals surface area contributed by atoms with Crippen LogP contribution in [0, 0.1) is 0 Å². The Labute approximate surface area is 142 Å². The number of carbonyl (C=O) groups is 1. The second-order valence-corrected chi connectivity index (χ2v) is 6.36. The Bertz CT molecular complexity index is 805. The van der Waals surface area contributed by atoms with Crippen LogP contribution in [0.4, 0.5) is 0 Å². The molecular formula is C20H21NO3. The fourth-order valence-corrected chi connectivity index (χ4v) is 2.89. The lowest BCUT2D eigenvalue weighted by atomic mass is 10.0. The summed E-state index contributed by atoms with van der Waals surface area (Å²) in [5.41, 5.74) is 3.19. The molecule has 1 aliphatic rings. The monoisotopic (exact) mass is 323 g/mol. The summed E-state index contributed by atoms with van der Waals surface area (Å²) < 4.78 is 5.79. The predicted molar refractivity (Wildman–Crippen MR) is 93.1 cm³/mol. The van der Waals surface area contributed by atoms with E-state index in [1.807, 2.05) is 39.1 Å². The van der Waals surface area contributed by atoms with Gasteiger partial charge < -0.3 is 9.84 Å². The highest BCUT2D eigenvalue weighted by molar-refractivity contribution is 6.13. The van der Waals surface area contributed by atoms with E-state index >= 15 is 0 Å². The van der Waals surface area contributed by atoms with Gasteiger partial charge in [0, 0.05) is 13.1 Å². The van der Waals surface area contributed by atoms with Crippen molar-refractivity contribution in [1.29, 1.82) is 0 Å². The number of ether oxygens (including phenoxy) is 1. The predicted octanol–water partition coefficient (Wildman–Crippen LogP) is 3.89. The smallest absolute Gasteiger partial charge is 0.231 e. The summed E-state index contributed by atoms with van der Waals surface area (Å²) in [6.45, 7) is 4.93. The van der Waals surface area contributed by atoms with Crippen LogP contribution in [0.2, 0.25) is 0 Å².